The highest BCUT2D eigenvalue weighted by Gasteiger charge is 2.09. The van der Waals surface area contributed by atoms with Crippen molar-refractivity contribution in [2.24, 2.45) is 0 Å². The lowest BCUT2D eigenvalue weighted by Crippen LogP contribution is -2.17. The van der Waals surface area contributed by atoms with Gasteiger partial charge in [-0.25, -0.2) is 0 Å². The van der Waals surface area contributed by atoms with Gasteiger partial charge in [-0.1, -0.05) is 19.1 Å². The molecule has 1 aromatic heterocycles. The fraction of sp³-hybridized carbons (Fsp3) is 0.273. The molecule has 5 heteroatoms. The van der Waals surface area contributed by atoms with Gasteiger partial charge in [-0.3, -0.25) is 9.59 Å². The van der Waals surface area contributed by atoms with Gasteiger partial charge in [0.25, 0.3) is 5.56 Å². The first kappa shape index (κ1) is 18.7. The number of hydrogen-bond acceptors (Lipinski definition) is 3. The third kappa shape index (κ3) is 4.37. The summed E-state index contributed by atoms with van der Waals surface area (Å²) in [4.78, 5) is 27.5. The zero-order valence-electron chi connectivity index (χ0n) is 15.9. The van der Waals surface area contributed by atoms with Gasteiger partial charge in [0.2, 0.25) is 5.91 Å². The summed E-state index contributed by atoms with van der Waals surface area (Å²) < 4.78 is 5.18. The van der Waals surface area contributed by atoms with E-state index in [9.17, 15) is 9.59 Å². The van der Waals surface area contributed by atoms with Gasteiger partial charge >= 0.3 is 0 Å². The minimum Gasteiger partial charge on any atom is -0.497 e. The van der Waals surface area contributed by atoms with Crippen molar-refractivity contribution in [2.75, 3.05) is 12.4 Å². The zero-order valence-corrected chi connectivity index (χ0v) is 15.9. The Balaban J connectivity index is 1.72. The molecule has 0 bridgehead atoms. The smallest absolute Gasteiger partial charge is 0.251 e. The summed E-state index contributed by atoms with van der Waals surface area (Å²) in [6.45, 7) is 4.05. The Hall–Kier alpha value is -3.08. The Morgan fingerprint density at radius 1 is 1.15 bits per heavy atom. The van der Waals surface area contributed by atoms with Crippen LogP contribution in [0.25, 0.3) is 10.9 Å². The number of carbonyl (C=O) groups is 1. The first-order valence-electron chi connectivity index (χ1n) is 9.09. The van der Waals surface area contributed by atoms with Crippen LogP contribution in [0.3, 0.4) is 0 Å². The third-order valence-electron chi connectivity index (χ3n) is 4.74. The van der Waals surface area contributed by atoms with Crippen molar-refractivity contribution >= 4 is 22.5 Å². The van der Waals surface area contributed by atoms with Gasteiger partial charge in [0, 0.05) is 23.7 Å². The van der Waals surface area contributed by atoms with Crippen LogP contribution in [0.2, 0.25) is 0 Å². The highest BCUT2D eigenvalue weighted by Crippen LogP contribution is 2.20. The molecular formula is C22H24N2O3. The van der Waals surface area contributed by atoms with Crippen LogP contribution in [0.4, 0.5) is 5.69 Å². The van der Waals surface area contributed by atoms with Crippen LogP contribution in [0.5, 0.6) is 5.75 Å². The van der Waals surface area contributed by atoms with E-state index in [1.165, 1.54) is 5.56 Å². The second-order valence-corrected chi connectivity index (χ2v) is 6.63. The number of anilines is 1. The normalized spacial score (nSPS) is 10.8. The Kier molecular flexibility index (Phi) is 5.60. The Morgan fingerprint density at radius 2 is 1.96 bits per heavy atom. The highest BCUT2D eigenvalue weighted by molar-refractivity contribution is 5.91. The summed E-state index contributed by atoms with van der Waals surface area (Å²) in [5.41, 5.74) is 4.18. The average molecular weight is 364 g/mol. The lowest BCUT2D eigenvalue weighted by molar-refractivity contribution is -0.116. The fourth-order valence-corrected chi connectivity index (χ4v) is 3.02. The molecule has 2 N–H and O–H groups in total. The van der Waals surface area contributed by atoms with Gasteiger partial charge in [-0.2, -0.15) is 0 Å². The minimum atomic E-state index is -0.173. The monoisotopic (exact) mass is 364 g/mol. The highest BCUT2D eigenvalue weighted by atomic mass is 16.5. The number of carbonyl (C=O) groups excluding carboxylic acids is 1. The van der Waals surface area contributed by atoms with E-state index in [0.717, 1.165) is 28.6 Å². The van der Waals surface area contributed by atoms with Crippen LogP contribution >= 0.6 is 0 Å². The number of aromatic nitrogens is 1. The molecule has 1 heterocycles. The van der Waals surface area contributed by atoms with Crippen molar-refractivity contribution < 1.29 is 9.53 Å². The van der Waals surface area contributed by atoms with Crippen LogP contribution in [-0.2, 0) is 17.6 Å². The molecule has 0 unspecified atom stereocenters. The fourth-order valence-electron chi connectivity index (χ4n) is 3.02. The van der Waals surface area contributed by atoms with E-state index in [0.29, 0.717) is 17.7 Å². The summed E-state index contributed by atoms with van der Waals surface area (Å²) in [6.07, 6.45) is 1.55. The molecule has 0 saturated heterocycles. The molecule has 0 aliphatic carbocycles. The van der Waals surface area contributed by atoms with Gasteiger partial charge in [-0.05, 0) is 60.5 Å². The number of benzene rings is 2. The van der Waals surface area contributed by atoms with E-state index in [-0.39, 0.29) is 17.9 Å². The van der Waals surface area contributed by atoms with Crippen LogP contribution in [0.15, 0.2) is 47.3 Å². The maximum atomic E-state index is 12.4. The number of nitrogens with one attached hydrogen (secondary N) is 2. The number of aromatic amines is 1. The van der Waals surface area contributed by atoms with Gasteiger partial charge in [0.1, 0.15) is 5.75 Å². The van der Waals surface area contributed by atoms with Gasteiger partial charge in [0.05, 0.1) is 12.6 Å². The summed E-state index contributed by atoms with van der Waals surface area (Å²) in [7, 11) is 1.59. The maximum Gasteiger partial charge on any atom is 0.251 e. The van der Waals surface area contributed by atoms with Crippen molar-refractivity contribution in [3.8, 4) is 5.75 Å². The summed E-state index contributed by atoms with van der Waals surface area (Å²) in [6, 6.07) is 13.4. The topological polar surface area (TPSA) is 71.2 Å². The number of pyridine rings is 1. The van der Waals surface area contributed by atoms with E-state index < -0.39 is 0 Å². The van der Waals surface area contributed by atoms with Crippen molar-refractivity contribution in [1.82, 2.24) is 4.98 Å². The average Bonchev–Trinajstić information content (AvgIpc) is 2.67. The molecule has 27 heavy (non-hydrogen) atoms. The summed E-state index contributed by atoms with van der Waals surface area (Å²) in [5, 5.41) is 3.87. The number of methoxy groups -OCH3 is 1. The number of hydrogen-bond donors (Lipinski definition) is 2. The molecule has 3 aromatic rings. The molecule has 140 valence electrons. The minimum absolute atomic E-state index is 0.0967. The van der Waals surface area contributed by atoms with Gasteiger partial charge in [0.15, 0.2) is 0 Å². The van der Waals surface area contributed by atoms with Crippen LogP contribution in [0.1, 0.15) is 30.0 Å². The zero-order chi connectivity index (χ0) is 19.4. The Morgan fingerprint density at radius 3 is 2.70 bits per heavy atom. The molecule has 5 nitrogen and oxygen atoms in total. The van der Waals surface area contributed by atoms with Crippen LogP contribution < -0.4 is 15.6 Å². The van der Waals surface area contributed by atoms with Crippen molar-refractivity contribution in [3.05, 3.63) is 69.5 Å². The first-order chi connectivity index (χ1) is 13.0. The van der Waals surface area contributed by atoms with Crippen molar-refractivity contribution in [1.29, 1.82) is 0 Å². The molecular weight excluding hydrogens is 340 g/mol. The van der Waals surface area contributed by atoms with Crippen molar-refractivity contribution in [2.45, 2.75) is 33.1 Å². The SMILES string of the molecule is CCc1ccc(C)c(NC(=O)CCc2cc3ccc(OC)cc3[nH]c2=O)c1. The molecule has 0 spiro atoms. The number of rotatable bonds is 6. The molecule has 0 fully saturated rings. The number of H-pyrrole nitrogens is 1. The second-order valence-electron chi connectivity index (χ2n) is 6.63. The van der Waals surface area contributed by atoms with E-state index in [1.54, 1.807) is 13.2 Å². The Bertz CT molecular complexity index is 1040. The third-order valence-corrected chi connectivity index (χ3v) is 4.74. The largest absolute Gasteiger partial charge is 0.497 e. The maximum absolute atomic E-state index is 12.4. The lowest BCUT2D eigenvalue weighted by Gasteiger charge is -2.10. The molecule has 2 aromatic carbocycles. The van der Waals surface area contributed by atoms with Gasteiger partial charge < -0.3 is 15.0 Å². The molecule has 0 atom stereocenters. The predicted molar refractivity (Wildman–Crippen MR) is 109 cm³/mol. The summed E-state index contributed by atoms with van der Waals surface area (Å²) in [5.74, 6) is 0.593. The number of amides is 1. The second kappa shape index (κ2) is 8.08. The molecule has 0 aliphatic rings. The molecule has 0 aliphatic heterocycles. The van der Waals surface area contributed by atoms with E-state index in [2.05, 4.69) is 23.3 Å². The molecule has 3 rings (SSSR count). The van der Waals surface area contributed by atoms with E-state index in [1.807, 2.05) is 37.3 Å². The lowest BCUT2D eigenvalue weighted by atomic mass is 10.1. The molecule has 1 amide bonds. The number of aryl methyl sites for hydroxylation is 3. The first-order valence-corrected chi connectivity index (χ1v) is 9.09. The van der Waals surface area contributed by atoms with Crippen molar-refractivity contribution in [3.63, 3.8) is 0 Å². The quantitative estimate of drug-likeness (QED) is 0.695. The predicted octanol–water partition coefficient (Wildman–Crippen LogP) is 3.98. The Labute approximate surface area is 158 Å². The summed E-state index contributed by atoms with van der Waals surface area (Å²) >= 11 is 0. The number of fused-ring (bicyclic) bond motifs is 1. The standard InChI is InChI=1S/C22H24N2O3/c1-4-15-6-5-14(2)19(11-15)23-21(25)10-8-17-12-16-7-9-18(27-3)13-20(16)24-22(17)26/h5-7,9,11-13H,4,8,10H2,1-3H3,(H,23,25)(H,24,26). The van der Waals surface area contributed by atoms with Gasteiger partial charge in [-0.15, -0.1) is 0 Å². The number of ether oxygens (including phenoxy) is 1. The van der Waals surface area contributed by atoms with Crippen LogP contribution in [0, 0.1) is 6.92 Å². The molecule has 0 saturated carbocycles. The van der Waals surface area contributed by atoms with E-state index >= 15 is 0 Å². The molecule has 0 radical (unpaired) electrons. The van der Waals surface area contributed by atoms with Crippen LogP contribution in [-0.4, -0.2) is 18.0 Å². The van der Waals surface area contributed by atoms with E-state index in [4.69, 9.17) is 4.74 Å².